The van der Waals surface area contributed by atoms with E-state index in [1.807, 2.05) is 6.92 Å². The summed E-state index contributed by atoms with van der Waals surface area (Å²) >= 11 is 0. The molecule has 0 aliphatic carbocycles. The van der Waals surface area contributed by atoms with Crippen molar-refractivity contribution >= 4 is 5.82 Å². The quantitative estimate of drug-likeness (QED) is 0.868. The summed E-state index contributed by atoms with van der Waals surface area (Å²) in [5.41, 5.74) is 0.512. The Labute approximate surface area is 120 Å². The van der Waals surface area contributed by atoms with E-state index in [4.69, 9.17) is 0 Å². The van der Waals surface area contributed by atoms with Gasteiger partial charge in [-0.05, 0) is 44.7 Å². The summed E-state index contributed by atoms with van der Waals surface area (Å²) in [5.74, 6) is 0.811. The van der Waals surface area contributed by atoms with Crippen molar-refractivity contribution in [2.24, 2.45) is 5.92 Å². The standard InChI is InChI=1S/C15H25FN4/c1-3-8-20(10-12-6-5-7-17-9-12)15-14(16)13(4-2)18-11-19-15/h11-12,17H,3-10H2,1-2H3. The Morgan fingerprint density at radius 2 is 2.25 bits per heavy atom. The van der Waals surface area contributed by atoms with E-state index in [2.05, 4.69) is 27.1 Å². The molecule has 0 saturated carbocycles. The molecule has 0 bridgehead atoms. The highest BCUT2D eigenvalue weighted by Gasteiger charge is 2.21. The third kappa shape index (κ3) is 3.66. The Bertz CT molecular complexity index is 418. The molecule has 1 aliphatic rings. The van der Waals surface area contributed by atoms with Crippen molar-refractivity contribution in [1.29, 1.82) is 0 Å². The maximum atomic E-state index is 14.4. The van der Waals surface area contributed by atoms with Crippen LogP contribution >= 0.6 is 0 Å². The number of aromatic nitrogens is 2. The van der Waals surface area contributed by atoms with Crippen LogP contribution < -0.4 is 10.2 Å². The van der Waals surface area contributed by atoms with E-state index in [9.17, 15) is 4.39 Å². The Balaban J connectivity index is 2.14. The molecule has 1 aliphatic heterocycles. The van der Waals surface area contributed by atoms with Crippen molar-refractivity contribution in [1.82, 2.24) is 15.3 Å². The average molecular weight is 280 g/mol. The molecule has 1 aromatic heterocycles. The zero-order valence-electron chi connectivity index (χ0n) is 12.5. The first-order valence-corrected chi connectivity index (χ1v) is 7.71. The van der Waals surface area contributed by atoms with Crippen molar-refractivity contribution < 1.29 is 4.39 Å². The van der Waals surface area contributed by atoms with Crippen LogP contribution in [-0.4, -0.2) is 36.1 Å². The SMILES string of the molecule is CCCN(CC1CCCNC1)c1ncnc(CC)c1F. The highest BCUT2D eigenvalue weighted by molar-refractivity contribution is 5.41. The van der Waals surface area contributed by atoms with Crippen LogP contribution in [0.3, 0.4) is 0 Å². The van der Waals surface area contributed by atoms with Crippen LogP contribution in [0.2, 0.25) is 0 Å². The highest BCUT2D eigenvalue weighted by Crippen LogP contribution is 2.21. The number of piperidine rings is 1. The molecule has 4 nitrogen and oxygen atoms in total. The minimum absolute atomic E-state index is 0.243. The van der Waals surface area contributed by atoms with E-state index in [0.29, 0.717) is 23.9 Å². The van der Waals surface area contributed by atoms with Crippen LogP contribution in [0.25, 0.3) is 0 Å². The van der Waals surface area contributed by atoms with E-state index in [0.717, 1.165) is 32.6 Å². The number of nitrogens with zero attached hydrogens (tertiary/aromatic N) is 3. The van der Waals surface area contributed by atoms with Crippen molar-refractivity contribution in [2.75, 3.05) is 31.1 Å². The predicted molar refractivity (Wildman–Crippen MR) is 79.5 cm³/mol. The second-order valence-corrected chi connectivity index (χ2v) is 5.47. The molecule has 0 spiro atoms. The molecular formula is C15H25FN4. The summed E-state index contributed by atoms with van der Waals surface area (Å²) in [7, 11) is 0. The summed E-state index contributed by atoms with van der Waals surface area (Å²) in [6, 6.07) is 0. The molecule has 1 unspecified atom stereocenters. The molecule has 1 atom stereocenters. The second-order valence-electron chi connectivity index (χ2n) is 5.47. The van der Waals surface area contributed by atoms with Crippen LogP contribution in [0.4, 0.5) is 10.2 Å². The molecule has 0 radical (unpaired) electrons. The normalized spacial score (nSPS) is 19.1. The van der Waals surface area contributed by atoms with E-state index in [1.165, 1.54) is 19.2 Å². The van der Waals surface area contributed by atoms with Crippen LogP contribution in [0.15, 0.2) is 6.33 Å². The van der Waals surface area contributed by atoms with E-state index >= 15 is 0 Å². The second kappa shape index (κ2) is 7.53. The predicted octanol–water partition coefficient (Wildman–Crippen LogP) is 2.39. The molecule has 20 heavy (non-hydrogen) atoms. The lowest BCUT2D eigenvalue weighted by molar-refractivity contribution is 0.374. The van der Waals surface area contributed by atoms with E-state index < -0.39 is 0 Å². The third-order valence-electron chi connectivity index (χ3n) is 3.85. The molecule has 0 amide bonds. The minimum Gasteiger partial charge on any atom is -0.354 e. The first-order valence-electron chi connectivity index (χ1n) is 7.71. The molecule has 1 aromatic rings. The van der Waals surface area contributed by atoms with Gasteiger partial charge >= 0.3 is 0 Å². The lowest BCUT2D eigenvalue weighted by Gasteiger charge is -2.31. The maximum absolute atomic E-state index is 14.4. The van der Waals surface area contributed by atoms with Crippen LogP contribution in [-0.2, 0) is 6.42 Å². The fourth-order valence-corrected chi connectivity index (χ4v) is 2.81. The molecule has 2 heterocycles. The van der Waals surface area contributed by atoms with E-state index in [-0.39, 0.29) is 5.82 Å². The first-order chi connectivity index (χ1) is 9.76. The lowest BCUT2D eigenvalue weighted by Crippen LogP contribution is -2.39. The van der Waals surface area contributed by atoms with Crippen molar-refractivity contribution in [3.63, 3.8) is 0 Å². The monoisotopic (exact) mass is 280 g/mol. The number of aryl methyl sites for hydroxylation is 1. The number of hydrogen-bond acceptors (Lipinski definition) is 4. The highest BCUT2D eigenvalue weighted by atomic mass is 19.1. The number of rotatable bonds is 6. The van der Waals surface area contributed by atoms with Crippen molar-refractivity contribution in [3.05, 3.63) is 17.8 Å². The van der Waals surface area contributed by atoms with Crippen LogP contribution in [0.1, 0.15) is 38.8 Å². The third-order valence-corrected chi connectivity index (χ3v) is 3.85. The molecule has 112 valence electrons. The van der Waals surface area contributed by atoms with Crippen LogP contribution in [0, 0.1) is 11.7 Å². The first kappa shape index (κ1) is 15.2. The Morgan fingerprint density at radius 1 is 1.40 bits per heavy atom. The fourth-order valence-electron chi connectivity index (χ4n) is 2.81. The van der Waals surface area contributed by atoms with Gasteiger partial charge in [-0.2, -0.15) is 0 Å². The van der Waals surface area contributed by atoms with Gasteiger partial charge in [-0.15, -0.1) is 0 Å². The number of nitrogens with one attached hydrogen (secondary N) is 1. The van der Waals surface area contributed by atoms with Gasteiger partial charge in [-0.1, -0.05) is 13.8 Å². The van der Waals surface area contributed by atoms with Gasteiger partial charge in [0.05, 0.1) is 5.69 Å². The van der Waals surface area contributed by atoms with Gasteiger partial charge in [0.15, 0.2) is 11.6 Å². The zero-order chi connectivity index (χ0) is 14.4. The summed E-state index contributed by atoms with van der Waals surface area (Å²) < 4.78 is 14.4. The summed E-state index contributed by atoms with van der Waals surface area (Å²) in [6.45, 7) is 7.88. The molecule has 1 fully saturated rings. The Morgan fingerprint density at radius 3 is 2.90 bits per heavy atom. The maximum Gasteiger partial charge on any atom is 0.187 e. The van der Waals surface area contributed by atoms with Gasteiger partial charge in [0.1, 0.15) is 6.33 Å². The zero-order valence-corrected chi connectivity index (χ0v) is 12.5. The largest absolute Gasteiger partial charge is 0.354 e. The number of hydrogen-bond donors (Lipinski definition) is 1. The molecule has 1 N–H and O–H groups in total. The summed E-state index contributed by atoms with van der Waals surface area (Å²) in [4.78, 5) is 10.3. The average Bonchev–Trinajstić information content (AvgIpc) is 2.48. The van der Waals surface area contributed by atoms with Crippen LogP contribution in [0.5, 0.6) is 0 Å². The van der Waals surface area contributed by atoms with Crippen molar-refractivity contribution in [2.45, 2.75) is 39.5 Å². The summed E-state index contributed by atoms with van der Waals surface area (Å²) in [5, 5.41) is 3.42. The Hall–Kier alpha value is -1.23. The fraction of sp³-hybridized carbons (Fsp3) is 0.733. The van der Waals surface area contributed by atoms with Gasteiger partial charge < -0.3 is 10.2 Å². The minimum atomic E-state index is -0.243. The smallest absolute Gasteiger partial charge is 0.187 e. The van der Waals surface area contributed by atoms with Gasteiger partial charge in [-0.3, -0.25) is 0 Å². The van der Waals surface area contributed by atoms with Gasteiger partial charge in [0, 0.05) is 13.1 Å². The van der Waals surface area contributed by atoms with Crippen molar-refractivity contribution in [3.8, 4) is 0 Å². The Kier molecular flexibility index (Phi) is 5.71. The van der Waals surface area contributed by atoms with Gasteiger partial charge in [0.2, 0.25) is 0 Å². The van der Waals surface area contributed by atoms with E-state index in [1.54, 1.807) is 0 Å². The summed E-state index contributed by atoms with van der Waals surface area (Å²) in [6.07, 6.45) is 5.49. The molecule has 1 saturated heterocycles. The number of anilines is 1. The number of halogens is 1. The topological polar surface area (TPSA) is 41.0 Å². The molecule has 5 heteroatoms. The lowest BCUT2D eigenvalue weighted by atomic mass is 9.99. The van der Waals surface area contributed by atoms with Gasteiger partial charge in [0.25, 0.3) is 0 Å². The molecular weight excluding hydrogens is 255 g/mol. The molecule has 2 rings (SSSR count). The van der Waals surface area contributed by atoms with Gasteiger partial charge in [-0.25, -0.2) is 14.4 Å². The molecule has 0 aromatic carbocycles.